The van der Waals surface area contributed by atoms with Gasteiger partial charge in [-0.1, -0.05) is 0 Å². The normalized spacial score (nSPS) is 15.6. The fourth-order valence-corrected chi connectivity index (χ4v) is 0.508. The SMILES string of the molecule is O=C1CCC(=O)N1.[Au+3].[K+]. The van der Waals surface area contributed by atoms with E-state index in [1.54, 1.807) is 0 Å². The molecule has 1 heterocycles. The molecule has 0 aromatic rings. The van der Waals surface area contributed by atoms with E-state index in [-0.39, 0.29) is 85.6 Å². The molecule has 5 heteroatoms. The molecule has 9 heavy (non-hydrogen) atoms. The van der Waals surface area contributed by atoms with Crippen LogP contribution in [0.2, 0.25) is 0 Å². The van der Waals surface area contributed by atoms with E-state index in [0.29, 0.717) is 12.8 Å². The maximum Gasteiger partial charge on any atom is 3.00 e. The van der Waals surface area contributed by atoms with E-state index in [9.17, 15) is 9.59 Å². The van der Waals surface area contributed by atoms with Gasteiger partial charge in [0.15, 0.2) is 0 Å². The Balaban J connectivity index is 0. The van der Waals surface area contributed by atoms with Crippen molar-refractivity contribution in [1.82, 2.24) is 5.32 Å². The standard InChI is InChI=1S/C4H5NO2.Au.K/c6-3-1-2-4(7)5-3;;/h1-2H2,(H,5,6,7);;/q;+3;+1. The molecule has 0 radical (unpaired) electrons. The van der Waals surface area contributed by atoms with Crippen molar-refractivity contribution in [2.45, 2.75) is 12.8 Å². The average molecular weight is 335 g/mol. The predicted molar refractivity (Wildman–Crippen MR) is 22.4 cm³/mol. The molecule has 1 aliphatic rings. The number of imide groups is 1. The van der Waals surface area contributed by atoms with Crippen molar-refractivity contribution in [1.29, 1.82) is 0 Å². The minimum atomic E-state index is -0.148. The van der Waals surface area contributed by atoms with Gasteiger partial charge >= 0.3 is 73.8 Å². The van der Waals surface area contributed by atoms with Crippen molar-refractivity contribution in [2.75, 3.05) is 0 Å². The van der Waals surface area contributed by atoms with Crippen LogP contribution < -0.4 is 56.7 Å². The number of nitrogens with one attached hydrogen (secondary N) is 1. The van der Waals surface area contributed by atoms with Gasteiger partial charge in [-0.2, -0.15) is 0 Å². The van der Waals surface area contributed by atoms with E-state index in [2.05, 4.69) is 5.32 Å². The molecule has 0 bridgehead atoms. The molecule has 1 aliphatic heterocycles. The van der Waals surface area contributed by atoms with Crippen molar-refractivity contribution < 1.29 is 83.4 Å². The van der Waals surface area contributed by atoms with Crippen LogP contribution in [0, 0.1) is 0 Å². The van der Waals surface area contributed by atoms with Gasteiger partial charge in [-0.05, 0) is 0 Å². The molecule has 0 aliphatic carbocycles. The van der Waals surface area contributed by atoms with Crippen molar-refractivity contribution in [3.63, 3.8) is 0 Å². The molecule has 0 saturated carbocycles. The maximum atomic E-state index is 10.1. The van der Waals surface area contributed by atoms with Crippen LogP contribution in [0.15, 0.2) is 0 Å². The minimum Gasteiger partial charge on any atom is -0.296 e. The van der Waals surface area contributed by atoms with Crippen LogP contribution >= 0.6 is 0 Å². The van der Waals surface area contributed by atoms with Crippen LogP contribution in [0.3, 0.4) is 0 Å². The van der Waals surface area contributed by atoms with Gasteiger partial charge in [-0.3, -0.25) is 14.9 Å². The van der Waals surface area contributed by atoms with E-state index >= 15 is 0 Å². The second-order valence-corrected chi connectivity index (χ2v) is 1.47. The van der Waals surface area contributed by atoms with Crippen LogP contribution in [0.5, 0.6) is 0 Å². The van der Waals surface area contributed by atoms with E-state index in [1.807, 2.05) is 0 Å². The molecular weight excluding hydrogens is 330 g/mol. The summed E-state index contributed by atoms with van der Waals surface area (Å²) in [5.74, 6) is -0.296. The smallest absolute Gasteiger partial charge is 0.296 e. The first-order valence-corrected chi connectivity index (χ1v) is 2.12. The summed E-state index contributed by atoms with van der Waals surface area (Å²) >= 11 is 0. The van der Waals surface area contributed by atoms with Crippen molar-refractivity contribution in [3.8, 4) is 0 Å². The number of hydrogen-bond acceptors (Lipinski definition) is 2. The first kappa shape index (κ1) is 13.1. The number of amides is 2. The Bertz CT molecular complexity index is 114. The van der Waals surface area contributed by atoms with Gasteiger partial charge < -0.3 is 0 Å². The minimum absolute atomic E-state index is 0. The third-order valence-electron chi connectivity index (χ3n) is 0.858. The van der Waals surface area contributed by atoms with Crippen LogP contribution in [-0.2, 0) is 32.0 Å². The zero-order valence-corrected chi connectivity index (χ0v) is 10.3. The molecule has 0 atom stereocenters. The quantitative estimate of drug-likeness (QED) is 0.368. The zero-order valence-electron chi connectivity index (χ0n) is 5.03. The average Bonchev–Trinajstić information content (AvgIpc) is 1.87. The Hall–Kier alpha value is 1.52. The van der Waals surface area contributed by atoms with Crippen LogP contribution in [0.4, 0.5) is 0 Å². The number of hydrogen-bond donors (Lipinski definition) is 1. The molecule has 2 amide bonds. The van der Waals surface area contributed by atoms with Gasteiger partial charge in [0.25, 0.3) is 0 Å². The molecule has 1 rings (SSSR count). The summed E-state index contributed by atoms with van der Waals surface area (Å²) < 4.78 is 0. The summed E-state index contributed by atoms with van der Waals surface area (Å²) in [5.41, 5.74) is 0. The predicted octanol–water partition coefficient (Wildman–Crippen LogP) is -3.58. The fraction of sp³-hybridized carbons (Fsp3) is 0.500. The second kappa shape index (κ2) is 6.24. The summed E-state index contributed by atoms with van der Waals surface area (Å²) in [6, 6.07) is 0. The molecule has 3 nitrogen and oxygen atoms in total. The second-order valence-electron chi connectivity index (χ2n) is 1.47. The summed E-state index contributed by atoms with van der Waals surface area (Å²) in [7, 11) is 0. The van der Waals surface area contributed by atoms with Gasteiger partial charge in [0.1, 0.15) is 0 Å². The Morgan fingerprint density at radius 1 is 1.11 bits per heavy atom. The molecule has 46 valence electrons. The molecule has 0 aromatic heterocycles. The zero-order chi connectivity index (χ0) is 5.28. The first-order valence-electron chi connectivity index (χ1n) is 2.12. The Morgan fingerprint density at radius 3 is 1.56 bits per heavy atom. The van der Waals surface area contributed by atoms with Gasteiger partial charge in [-0.15, -0.1) is 0 Å². The molecule has 1 N–H and O–H groups in total. The Labute approximate surface area is 111 Å². The number of carbonyl (C=O) groups excluding carboxylic acids is 2. The molecule has 0 unspecified atom stereocenters. The summed E-state index contributed by atoms with van der Waals surface area (Å²) in [6.45, 7) is 0. The largest absolute Gasteiger partial charge is 3.00 e. The van der Waals surface area contributed by atoms with Crippen LogP contribution in [0.1, 0.15) is 12.8 Å². The molecular formula is C4H5AuKNO2+4. The first-order chi connectivity index (χ1) is 3.29. The monoisotopic (exact) mass is 335 g/mol. The fourth-order valence-electron chi connectivity index (χ4n) is 0.508. The van der Waals surface area contributed by atoms with E-state index in [1.165, 1.54) is 0 Å². The third kappa shape index (κ3) is 4.86. The number of rotatable bonds is 0. The molecule has 1 saturated heterocycles. The van der Waals surface area contributed by atoms with Gasteiger partial charge in [0, 0.05) is 12.8 Å². The Morgan fingerprint density at radius 2 is 1.44 bits per heavy atom. The maximum absolute atomic E-state index is 10.1. The topological polar surface area (TPSA) is 46.2 Å². The van der Waals surface area contributed by atoms with Crippen molar-refractivity contribution in [3.05, 3.63) is 0 Å². The van der Waals surface area contributed by atoms with Gasteiger partial charge in [0.05, 0.1) is 0 Å². The summed E-state index contributed by atoms with van der Waals surface area (Å²) in [6.07, 6.45) is 0.748. The Kier molecular flexibility index (Phi) is 9.11. The third-order valence-corrected chi connectivity index (χ3v) is 0.858. The van der Waals surface area contributed by atoms with Crippen LogP contribution in [0.25, 0.3) is 0 Å². The van der Waals surface area contributed by atoms with E-state index < -0.39 is 0 Å². The van der Waals surface area contributed by atoms with Crippen molar-refractivity contribution in [2.24, 2.45) is 0 Å². The molecule has 0 aromatic carbocycles. The van der Waals surface area contributed by atoms with E-state index in [0.717, 1.165) is 0 Å². The van der Waals surface area contributed by atoms with E-state index in [4.69, 9.17) is 0 Å². The van der Waals surface area contributed by atoms with Crippen molar-refractivity contribution >= 4 is 11.8 Å². The molecule has 0 spiro atoms. The molecule has 1 fully saturated rings. The summed E-state index contributed by atoms with van der Waals surface area (Å²) in [5, 5.41) is 2.14. The summed E-state index contributed by atoms with van der Waals surface area (Å²) in [4.78, 5) is 20.2. The van der Waals surface area contributed by atoms with Gasteiger partial charge in [-0.25, -0.2) is 0 Å². The number of carbonyl (C=O) groups is 2. The van der Waals surface area contributed by atoms with Gasteiger partial charge in [0.2, 0.25) is 11.8 Å². The van der Waals surface area contributed by atoms with Crippen LogP contribution in [-0.4, -0.2) is 11.8 Å².